The Morgan fingerprint density at radius 3 is 3.00 bits per heavy atom. The van der Waals surface area contributed by atoms with Gasteiger partial charge in [0.05, 0.1) is 19.6 Å². The summed E-state index contributed by atoms with van der Waals surface area (Å²) in [5.41, 5.74) is 0.0344. The Balaban J connectivity index is 2.69. The minimum Gasteiger partial charge on any atom is -0.469 e. The molecule has 1 atom stereocenters. The van der Waals surface area contributed by atoms with Crippen molar-refractivity contribution in [1.29, 1.82) is 0 Å². The molecular formula is C7H9N3O5. The number of ether oxygens (including phenoxy) is 1. The zero-order chi connectivity index (χ0) is 11.4. The van der Waals surface area contributed by atoms with Gasteiger partial charge in [-0.15, -0.1) is 5.10 Å². The van der Waals surface area contributed by atoms with Crippen LogP contribution in [0, 0.1) is 10.1 Å². The van der Waals surface area contributed by atoms with E-state index in [2.05, 4.69) is 14.9 Å². The van der Waals surface area contributed by atoms with Crippen molar-refractivity contribution in [2.45, 2.75) is 12.5 Å². The van der Waals surface area contributed by atoms with E-state index in [9.17, 15) is 20.0 Å². The lowest BCUT2D eigenvalue weighted by molar-refractivity contribution is -0.389. The predicted molar refractivity (Wildman–Crippen MR) is 46.8 cm³/mol. The van der Waals surface area contributed by atoms with Crippen LogP contribution in [0.5, 0.6) is 0 Å². The largest absolute Gasteiger partial charge is 0.469 e. The Morgan fingerprint density at radius 1 is 1.87 bits per heavy atom. The van der Waals surface area contributed by atoms with Crippen LogP contribution in [0.2, 0.25) is 0 Å². The van der Waals surface area contributed by atoms with Crippen LogP contribution >= 0.6 is 0 Å². The molecule has 1 aromatic heterocycles. The Morgan fingerprint density at radius 2 is 2.53 bits per heavy atom. The summed E-state index contributed by atoms with van der Waals surface area (Å²) in [5, 5.41) is 25.3. The molecule has 82 valence electrons. The molecule has 0 aromatic carbocycles. The van der Waals surface area contributed by atoms with Crippen LogP contribution in [-0.4, -0.2) is 33.3 Å². The standard InChI is InChI=1S/C7H9N3O5/c1-15-7(12)3-5(11)4-2-6(9-8-4)10(13)14/h2,5,11H,3H2,1H3,(H,8,9)/t5-/m1/s1. The molecule has 0 aliphatic heterocycles. The highest BCUT2D eigenvalue weighted by molar-refractivity contribution is 5.69. The van der Waals surface area contributed by atoms with E-state index < -0.39 is 17.0 Å². The van der Waals surface area contributed by atoms with E-state index in [-0.39, 0.29) is 17.9 Å². The van der Waals surface area contributed by atoms with Crippen molar-refractivity contribution in [1.82, 2.24) is 10.2 Å². The minimum atomic E-state index is -1.21. The number of aromatic nitrogens is 2. The third kappa shape index (κ3) is 2.74. The fourth-order valence-corrected chi connectivity index (χ4v) is 0.936. The number of H-pyrrole nitrogens is 1. The zero-order valence-corrected chi connectivity index (χ0v) is 7.84. The lowest BCUT2D eigenvalue weighted by atomic mass is 10.2. The third-order valence-corrected chi connectivity index (χ3v) is 1.71. The van der Waals surface area contributed by atoms with Crippen LogP contribution in [0.25, 0.3) is 0 Å². The van der Waals surface area contributed by atoms with Gasteiger partial charge in [0.1, 0.15) is 11.8 Å². The summed E-state index contributed by atoms with van der Waals surface area (Å²) in [4.78, 5) is 20.4. The van der Waals surface area contributed by atoms with Gasteiger partial charge in [-0.2, -0.15) is 0 Å². The monoisotopic (exact) mass is 215 g/mol. The lowest BCUT2D eigenvalue weighted by Crippen LogP contribution is -2.08. The quantitative estimate of drug-likeness (QED) is 0.411. The van der Waals surface area contributed by atoms with Crippen LogP contribution in [0.3, 0.4) is 0 Å². The number of carbonyl (C=O) groups excluding carboxylic acids is 1. The van der Waals surface area contributed by atoms with Crippen molar-refractivity contribution in [3.05, 3.63) is 21.9 Å². The van der Waals surface area contributed by atoms with Crippen molar-refractivity contribution in [3.8, 4) is 0 Å². The number of esters is 1. The molecule has 0 bridgehead atoms. The Kier molecular flexibility index (Phi) is 3.34. The fraction of sp³-hybridized carbons (Fsp3) is 0.429. The molecule has 0 aliphatic rings. The maximum atomic E-state index is 10.8. The van der Waals surface area contributed by atoms with Crippen molar-refractivity contribution < 1.29 is 19.6 Å². The van der Waals surface area contributed by atoms with Crippen LogP contribution in [0.15, 0.2) is 6.07 Å². The summed E-state index contributed by atoms with van der Waals surface area (Å²) in [7, 11) is 1.18. The van der Waals surface area contributed by atoms with E-state index in [1.54, 1.807) is 0 Å². The second-order valence-electron chi connectivity index (χ2n) is 2.73. The first kappa shape index (κ1) is 11.1. The maximum absolute atomic E-state index is 10.8. The van der Waals surface area contributed by atoms with E-state index in [0.717, 1.165) is 6.07 Å². The smallest absolute Gasteiger partial charge is 0.342 e. The van der Waals surface area contributed by atoms with Gasteiger partial charge in [0.25, 0.3) is 0 Å². The number of aliphatic hydroxyl groups is 1. The van der Waals surface area contributed by atoms with E-state index in [0.29, 0.717) is 0 Å². The van der Waals surface area contributed by atoms with E-state index in [1.807, 2.05) is 0 Å². The molecular weight excluding hydrogens is 206 g/mol. The molecule has 1 heterocycles. The second kappa shape index (κ2) is 4.51. The van der Waals surface area contributed by atoms with Crippen LogP contribution in [0.4, 0.5) is 5.82 Å². The molecule has 8 heteroatoms. The fourth-order valence-electron chi connectivity index (χ4n) is 0.936. The highest BCUT2D eigenvalue weighted by Crippen LogP contribution is 2.18. The summed E-state index contributed by atoms with van der Waals surface area (Å²) in [6, 6.07) is 1.06. The van der Waals surface area contributed by atoms with Gasteiger partial charge in [0.2, 0.25) is 0 Å². The molecule has 0 radical (unpaired) electrons. The number of carbonyl (C=O) groups is 1. The minimum absolute atomic E-state index is 0.0344. The van der Waals surface area contributed by atoms with Gasteiger partial charge in [-0.25, -0.2) is 0 Å². The lowest BCUT2D eigenvalue weighted by Gasteiger charge is -2.03. The first-order chi connectivity index (χ1) is 7.04. The number of aromatic amines is 1. The van der Waals surface area contributed by atoms with Gasteiger partial charge in [-0.3, -0.25) is 4.79 Å². The molecule has 0 aliphatic carbocycles. The number of methoxy groups -OCH3 is 1. The van der Waals surface area contributed by atoms with Gasteiger partial charge in [0, 0.05) is 0 Å². The van der Waals surface area contributed by atoms with Crippen molar-refractivity contribution in [2.24, 2.45) is 0 Å². The van der Waals surface area contributed by atoms with Gasteiger partial charge in [0.15, 0.2) is 0 Å². The summed E-state index contributed by atoms with van der Waals surface area (Å²) in [5.74, 6) is -0.956. The van der Waals surface area contributed by atoms with Gasteiger partial charge >= 0.3 is 11.8 Å². The number of nitrogens with zero attached hydrogens (tertiary/aromatic N) is 2. The second-order valence-corrected chi connectivity index (χ2v) is 2.73. The summed E-state index contributed by atoms with van der Waals surface area (Å²) in [6.07, 6.45) is -1.50. The number of hydrogen-bond acceptors (Lipinski definition) is 6. The van der Waals surface area contributed by atoms with E-state index >= 15 is 0 Å². The molecule has 2 N–H and O–H groups in total. The molecule has 0 saturated carbocycles. The van der Waals surface area contributed by atoms with Crippen molar-refractivity contribution in [2.75, 3.05) is 7.11 Å². The summed E-state index contributed by atoms with van der Waals surface area (Å²) < 4.78 is 4.33. The van der Waals surface area contributed by atoms with Gasteiger partial charge in [-0.05, 0) is 4.92 Å². The number of hydrogen-bond donors (Lipinski definition) is 2. The molecule has 8 nitrogen and oxygen atoms in total. The average Bonchev–Trinajstić information content (AvgIpc) is 2.66. The molecule has 0 fully saturated rings. The van der Waals surface area contributed by atoms with E-state index in [4.69, 9.17) is 0 Å². The van der Waals surface area contributed by atoms with Crippen molar-refractivity contribution >= 4 is 11.8 Å². The summed E-state index contributed by atoms with van der Waals surface area (Å²) >= 11 is 0. The van der Waals surface area contributed by atoms with Gasteiger partial charge in [-0.1, -0.05) is 5.10 Å². The number of aliphatic hydroxyl groups excluding tert-OH is 1. The zero-order valence-electron chi connectivity index (χ0n) is 7.84. The molecule has 0 spiro atoms. The normalized spacial score (nSPS) is 12.1. The highest BCUT2D eigenvalue weighted by atomic mass is 16.6. The predicted octanol–water partition coefficient (Wildman–Crippen LogP) is -0.0856. The maximum Gasteiger partial charge on any atom is 0.342 e. The molecule has 0 saturated heterocycles. The number of rotatable bonds is 4. The highest BCUT2D eigenvalue weighted by Gasteiger charge is 2.19. The molecule has 15 heavy (non-hydrogen) atoms. The molecule has 0 unspecified atom stereocenters. The molecule has 0 amide bonds. The number of nitro groups is 1. The topological polar surface area (TPSA) is 118 Å². The molecule has 1 aromatic rings. The first-order valence-electron chi connectivity index (χ1n) is 3.99. The Hall–Kier alpha value is -1.96. The Labute approximate surface area is 84.0 Å². The van der Waals surface area contributed by atoms with Crippen LogP contribution < -0.4 is 0 Å². The van der Waals surface area contributed by atoms with Gasteiger partial charge < -0.3 is 20.0 Å². The third-order valence-electron chi connectivity index (χ3n) is 1.71. The SMILES string of the molecule is COC(=O)C[C@@H](O)c1cc([N+](=O)[O-])[nH]n1. The Bertz CT molecular complexity index is 374. The van der Waals surface area contributed by atoms with Crippen LogP contribution in [-0.2, 0) is 9.53 Å². The average molecular weight is 215 g/mol. The number of nitrogens with one attached hydrogen (secondary N) is 1. The summed E-state index contributed by atoms with van der Waals surface area (Å²) in [6.45, 7) is 0. The van der Waals surface area contributed by atoms with E-state index in [1.165, 1.54) is 7.11 Å². The van der Waals surface area contributed by atoms with Crippen molar-refractivity contribution in [3.63, 3.8) is 0 Å². The molecule has 1 rings (SSSR count). The van der Waals surface area contributed by atoms with Crippen LogP contribution in [0.1, 0.15) is 18.2 Å². The first-order valence-corrected chi connectivity index (χ1v) is 3.99.